The van der Waals surface area contributed by atoms with Gasteiger partial charge in [0.05, 0.1) is 12.2 Å². The topological polar surface area (TPSA) is 157 Å². The SMILES string of the molecule is CN1C(N)=N[C@]2(C)c3cc(NC(=O)c4ccc(C#N)cn4)ccc3OCC[C@H]2S1(O)O. The Hall–Kier alpha value is -3.33. The lowest BCUT2D eigenvalue weighted by atomic mass is 9.87. The van der Waals surface area contributed by atoms with Gasteiger partial charge in [0.1, 0.15) is 28.3 Å². The Labute approximate surface area is 180 Å². The first-order chi connectivity index (χ1) is 14.7. The van der Waals surface area contributed by atoms with Crippen LogP contribution in [0.15, 0.2) is 41.5 Å². The molecule has 1 amide bonds. The van der Waals surface area contributed by atoms with Gasteiger partial charge in [0.15, 0.2) is 0 Å². The lowest BCUT2D eigenvalue weighted by Gasteiger charge is -2.54. The highest BCUT2D eigenvalue weighted by Crippen LogP contribution is 2.60. The third-order valence-electron chi connectivity index (χ3n) is 5.63. The average molecular weight is 443 g/mol. The van der Waals surface area contributed by atoms with E-state index in [0.29, 0.717) is 29.0 Å². The van der Waals surface area contributed by atoms with Crippen LogP contribution in [0.25, 0.3) is 0 Å². The van der Waals surface area contributed by atoms with Crippen LogP contribution in [0.2, 0.25) is 0 Å². The zero-order chi connectivity index (χ0) is 22.4. The van der Waals surface area contributed by atoms with Crippen molar-refractivity contribution in [2.24, 2.45) is 10.7 Å². The molecule has 0 spiro atoms. The van der Waals surface area contributed by atoms with Gasteiger partial charge in [-0.05, 0) is 37.3 Å². The molecule has 2 aliphatic rings. The molecule has 0 aliphatic carbocycles. The largest absolute Gasteiger partial charge is 0.493 e. The van der Waals surface area contributed by atoms with E-state index in [9.17, 15) is 13.9 Å². The molecule has 10 nitrogen and oxygen atoms in total. The number of benzene rings is 1. The molecule has 2 atom stereocenters. The summed E-state index contributed by atoms with van der Waals surface area (Å²) >= 11 is 0. The third kappa shape index (κ3) is 3.44. The molecule has 1 aromatic heterocycles. The van der Waals surface area contributed by atoms with Crippen molar-refractivity contribution in [1.82, 2.24) is 9.29 Å². The van der Waals surface area contributed by atoms with Crippen LogP contribution in [0, 0.1) is 11.3 Å². The molecule has 5 N–H and O–H groups in total. The number of amides is 1. The molecule has 4 rings (SSSR count). The maximum Gasteiger partial charge on any atom is 0.274 e. The smallest absolute Gasteiger partial charge is 0.274 e. The quantitative estimate of drug-likeness (QED) is 0.552. The number of nitriles is 1. The van der Waals surface area contributed by atoms with E-state index in [4.69, 9.17) is 15.7 Å². The minimum absolute atomic E-state index is 0.0165. The lowest BCUT2D eigenvalue weighted by molar-refractivity contribution is 0.102. The number of nitrogens with one attached hydrogen (secondary N) is 1. The first kappa shape index (κ1) is 20.9. The zero-order valence-corrected chi connectivity index (χ0v) is 17.8. The van der Waals surface area contributed by atoms with Crippen molar-refractivity contribution < 1.29 is 18.6 Å². The maximum absolute atomic E-state index is 12.6. The number of guanidine groups is 1. The summed E-state index contributed by atoms with van der Waals surface area (Å²) in [7, 11) is -1.75. The van der Waals surface area contributed by atoms with Gasteiger partial charge < -0.3 is 15.8 Å². The number of ether oxygens (including phenoxy) is 1. The van der Waals surface area contributed by atoms with Crippen molar-refractivity contribution in [1.29, 1.82) is 5.26 Å². The highest BCUT2D eigenvalue weighted by atomic mass is 32.3. The van der Waals surface area contributed by atoms with E-state index in [2.05, 4.69) is 15.3 Å². The molecule has 0 unspecified atom stereocenters. The number of carbonyl (C=O) groups excluding carboxylic acids is 1. The van der Waals surface area contributed by atoms with Gasteiger partial charge in [-0.25, -0.2) is 14.3 Å². The Morgan fingerprint density at radius 2 is 2.19 bits per heavy atom. The molecule has 2 aromatic rings. The third-order valence-corrected chi connectivity index (χ3v) is 8.08. The fourth-order valence-electron chi connectivity index (χ4n) is 3.88. The number of fused-ring (bicyclic) bond motifs is 3. The fraction of sp³-hybridized carbons (Fsp3) is 0.300. The van der Waals surface area contributed by atoms with Crippen LogP contribution in [-0.4, -0.2) is 49.2 Å². The first-order valence-electron chi connectivity index (χ1n) is 9.48. The Bertz CT molecular complexity index is 1110. The Morgan fingerprint density at radius 3 is 2.87 bits per heavy atom. The molecule has 1 aromatic carbocycles. The van der Waals surface area contributed by atoms with Crippen molar-refractivity contribution in [2.75, 3.05) is 19.0 Å². The van der Waals surface area contributed by atoms with Crippen LogP contribution in [0.3, 0.4) is 0 Å². The van der Waals surface area contributed by atoms with E-state index in [1.54, 1.807) is 25.1 Å². The molecule has 3 heterocycles. The summed E-state index contributed by atoms with van der Waals surface area (Å²) in [6.45, 7) is 2.07. The van der Waals surface area contributed by atoms with Gasteiger partial charge in [0.25, 0.3) is 5.91 Å². The Kier molecular flexibility index (Phi) is 5.01. The van der Waals surface area contributed by atoms with Crippen molar-refractivity contribution in [3.05, 3.63) is 53.3 Å². The summed E-state index contributed by atoms with van der Waals surface area (Å²) in [5.74, 6) is 0.106. The van der Waals surface area contributed by atoms with Crippen LogP contribution in [0.5, 0.6) is 5.75 Å². The second-order valence-electron chi connectivity index (χ2n) is 7.51. The number of pyridine rings is 1. The second-order valence-corrected chi connectivity index (χ2v) is 9.75. The van der Waals surface area contributed by atoms with E-state index < -0.39 is 27.5 Å². The monoisotopic (exact) mass is 442 g/mol. The van der Waals surface area contributed by atoms with Gasteiger partial charge >= 0.3 is 0 Å². The normalized spacial score (nSPS) is 24.9. The van der Waals surface area contributed by atoms with Crippen LogP contribution in [0.4, 0.5) is 5.69 Å². The number of carbonyl (C=O) groups is 1. The molecular formula is C20H22N6O4S. The molecule has 2 aliphatic heterocycles. The predicted molar refractivity (Wildman–Crippen MR) is 117 cm³/mol. The summed E-state index contributed by atoms with van der Waals surface area (Å²) in [6.07, 6.45) is 1.69. The van der Waals surface area contributed by atoms with Crippen LogP contribution in [-0.2, 0) is 5.54 Å². The molecule has 0 radical (unpaired) electrons. The van der Waals surface area contributed by atoms with Crippen molar-refractivity contribution in [2.45, 2.75) is 24.1 Å². The van der Waals surface area contributed by atoms with Crippen molar-refractivity contribution in [3.63, 3.8) is 0 Å². The minimum Gasteiger partial charge on any atom is -0.493 e. The predicted octanol–water partition coefficient (Wildman–Crippen LogP) is 2.50. The molecule has 0 saturated heterocycles. The van der Waals surface area contributed by atoms with Crippen LogP contribution >= 0.6 is 10.8 Å². The van der Waals surface area contributed by atoms with E-state index in [1.807, 2.05) is 6.07 Å². The minimum atomic E-state index is -3.25. The van der Waals surface area contributed by atoms with Gasteiger partial charge in [-0.1, -0.05) is 0 Å². The maximum atomic E-state index is 12.6. The van der Waals surface area contributed by atoms with Gasteiger partial charge in [-0.3, -0.25) is 13.9 Å². The van der Waals surface area contributed by atoms with Crippen LogP contribution < -0.4 is 15.8 Å². The van der Waals surface area contributed by atoms with E-state index >= 15 is 0 Å². The van der Waals surface area contributed by atoms with Crippen molar-refractivity contribution >= 4 is 28.3 Å². The zero-order valence-electron chi connectivity index (χ0n) is 16.9. The molecular weight excluding hydrogens is 420 g/mol. The number of rotatable bonds is 2. The van der Waals surface area contributed by atoms with E-state index in [0.717, 1.165) is 0 Å². The first-order valence-corrected chi connectivity index (χ1v) is 11.0. The summed E-state index contributed by atoms with van der Waals surface area (Å²) < 4.78 is 28.8. The van der Waals surface area contributed by atoms with Crippen LogP contribution in [0.1, 0.15) is 35.0 Å². The molecule has 0 bridgehead atoms. The molecule has 11 heteroatoms. The molecule has 162 valence electrons. The summed E-state index contributed by atoms with van der Waals surface area (Å²) in [5, 5.41) is 11.0. The Morgan fingerprint density at radius 1 is 1.42 bits per heavy atom. The fourth-order valence-corrected chi connectivity index (χ4v) is 5.79. The lowest BCUT2D eigenvalue weighted by Crippen LogP contribution is -2.53. The van der Waals surface area contributed by atoms with Gasteiger partial charge in [0, 0.05) is 30.9 Å². The molecule has 31 heavy (non-hydrogen) atoms. The Balaban J connectivity index is 1.72. The standard InChI is InChI=1S/C20H22N6O4S/c1-20-14-9-13(24-18(27)15-5-3-12(10-21)11-23-15)4-6-16(14)30-8-7-17(20)31(28,29)26(2)19(22)25-20/h3-6,9,11,17,28-29H,7-8H2,1-2H3,(H2,22,25)(H,24,27)/t17-,20-/m1/s1. The number of nitrogens with two attached hydrogens (primary N) is 1. The number of hydrogen-bond donors (Lipinski definition) is 4. The van der Waals surface area contributed by atoms with Crippen molar-refractivity contribution in [3.8, 4) is 11.8 Å². The highest BCUT2D eigenvalue weighted by Gasteiger charge is 2.52. The number of aliphatic imine (C=N–C) groups is 1. The van der Waals surface area contributed by atoms with Gasteiger partial charge in [0.2, 0.25) is 5.96 Å². The van der Waals surface area contributed by atoms with Gasteiger partial charge in [-0.2, -0.15) is 5.26 Å². The second kappa shape index (κ2) is 7.42. The van der Waals surface area contributed by atoms with E-state index in [-0.39, 0.29) is 18.3 Å². The summed E-state index contributed by atoms with van der Waals surface area (Å²) in [5.41, 5.74) is 6.52. The molecule has 0 fully saturated rings. The number of hydrogen-bond acceptors (Lipinski definition) is 9. The highest BCUT2D eigenvalue weighted by molar-refractivity contribution is 8.23. The van der Waals surface area contributed by atoms with E-state index in [1.165, 1.54) is 29.7 Å². The number of aromatic nitrogens is 1. The van der Waals surface area contributed by atoms with Gasteiger partial charge in [-0.15, -0.1) is 10.8 Å². The molecule has 0 saturated carbocycles. The average Bonchev–Trinajstić information content (AvgIpc) is 2.89. The number of nitrogens with zero attached hydrogens (tertiary/aromatic N) is 4. The number of anilines is 1. The summed E-state index contributed by atoms with van der Waals surface area (Å²) in [4.78, 5) is 21.2. The summed E-state index contributed by atoms with van der Waals surface area (Å²) in [6, 6.07) is 10.0.